The summed E-state index contributed by atoms with van der Waals surface area (Å²) in [6.45, 7) is 6.00. The van der Waals surface area contributed by atoms with Crippen LogP contribution < -0.4 is 5.73 Å². The normalized spacial score (nSPS) is 15.6. The molecule has 0 heterocycles. The fourth-order valence-electron chi connectivity index (χ4n) is 2.23. The van der Waals surface area contributed by atoms with Gasteiger partial charge in [0.2, 0.25) is 0 Å². The van der Waals surface area contributed by atoms with Crippen molar-refractivity contribution in [3.05, 3.63) is 0 Å². The van der Waals surface area contributed by atoms with Crippen molar-refractivity contribution >= 4 is 0 Å². The first-order chi connectivity index (χ1) is 8.48. The topological polar surface area (TPSA) is 77.8 Å². The molecule has 0 aliphatic carbocycles. The molecule has 2 atom stereocenters. The van der Waals surface area contributed by atoms with E-state index in [0.29, 0.717) is 0 Å². The molecule has 3 heteroatoms. The van der Waals surface area contributed by atoms with Crippen molar-refractivity contribution in [1.29, 1.82) is 0 Å². The summed E-state index contributed by atoms with van der Waals surface area (Å²) in [7, 11) is 0. The summed E-state index contributed by atoms with van der Waals surface area (Å²) in [5, 5.41) is 9.61. The van der Waals surface area contributed by atoms with E-state index in [0.717, 1.165) is 6.42 Å². The molecule has 3 nitrogen and oxygen atoms in total. The molecule has 0 radical (unpaired) electrons. The van der Waals surface area contributed by atoms with Crippen molar-refractivity contribution in [1.82, 2.24) is 0 Å². The minimum absolute atomic E-state index is 0. The molecule has 0 amide bonds. The Morgan fingerprint density at radius 2 is 1.26 bits per heavy atom. The third-order valence-electron chi connectivity index (χ3n) is 3.99. The van der Waals surface area contributed by atoms with Gasteiger partial charge in [-0.25, -0.2) is 0 Å². The zero-order valence-electron chi connectivity index (χ0n) is 13.4. The highest BCUT2D eigenvalue weighted by atomic mass is 16.3. The number of aliphatic hydroxyl groups is 1. The third-order valence-corrected chi connectivity index (χ3v) is 3.99. The van der Waals surface area contributed by atoms with Crippen LogP contribution in [0.1, 0.15) is 91.4 Å². The van der Waals surface area contributed by atoms with Gasteiger partial charge in [0.25, 0.3) is 0 Å². The van der Waals surface area contributed by atoms with Crippen LogP contribution in [0.4, 0.5) is 0 Å². The van der Waals surface area contributed by atoms with E-state index in [4.69, 9.17) is 5.73 Å². The Morgan fingerprint density at radius 3 is 1.63 bits per heavy atom. The first-order valence-electron chi connectivity index (χ1n) is 7.99. The highest BCUT2D eigenvalue weighted by Gasteiger charge is 2.21. The number of rotatable bonds is 12. The molecule has 0 fully saturated rings. The molecule has 2 unspecified atom stereocenters. The first-order valence-corrected chi connectivity index (χ1v) is 7.99. The first kappa shape index (κ1) is 21.2. The molecule has 0 bridgehead atoms. The Morgan fingerprint density at radius 1 is 0.895 bits per heavy atom. The van der Waals surface area contributed by atoms with Gasteiger partial charge in [0.1, 0.15) is 5.72 Å². The van der Waals surface area contributed by atoms with Gasteiger partial charge in [-0.05, 0) is 19.3 Å². The van der Waals surface area contributed by atoms with Gasteiger partial charge < -0.3 is 16.3 Å². The van der Waals surface area contributed by atoms with Gasteiger partial charge in [0, 0.05) is 0 Å². The molecule has 0 saturated heterocycles. The summed E-state index contributed by atoms with van der Waals surface area (Å²) in [5.74, 6) is 0.201. The maximum absolute atomic E-state index is 9.61. The summed E-state index contributed by atoms with van der Waals surface area (Å²) in [6, 6.07) is 0. The van der Waals surface area contributed by atoms with E-state index in [1.807, 2.05) is 6.92 Å². The second kappa shape index (κ2) is 12.9. The summed E-state index contributed by atoms with van der Waals surface area (Å²) in [6.07, 6.45) is 14.6. The molecule has 19 heavy (non-hydrogen) atoms. The molecular weight excluding hydrogens is 238 g/mol. The number of unbranched alkanes of at least 4 members (excludes halogenated alkanes) is 9. The van der Waals surface area contributed by atoms with E-state index >= 15 is 0 Å². The van der Waals surface area contributed by atoms with Gasteiger partial charge in [-0.2, -0.15) is 0 Å². The van der Waals surface area contributed by atoms with Gasteiger partial charge >= 0.3 is 0 Å². The van der Waals surface area contributed by atoms with Crippen LogP contribution in [0.15, 0.2) is 0 Å². The summed E-state index contributed by atoms with van der Waals surface area (Å²) >= 11 is 0. The highest BCUT2D eigenvalue weighted by molar-refractivity contribution is 4.71. The van der Waals surface area contributed by atoms with Crippen molar-refractivity contribution < 1.29 is 10.6 Å². The maximum atomic E-state index is 9.61. The smallest absolute Gasteiger partial charge is 0.113 e. The molecule has 0 aromatic rings. The van der Waals surface area contributed by atoms with Crippen LogP contribution in [-0.2, 0) is 0 Å². The quantitative estimate of drug-likeness (QED) is 0.420. The summed E-state index contributed by atoms with van der Waals surface area (Å²) in [4.78, 5) is 0. The zero-order valence-corrected chi connectivity index (χ0v) is 13.4. The van der Waals surface area contributed by atoms with E-state index in [1.54, 1.807) is 6.92 Å². The van der Waals surface area contributed by atoms with E-state index < -0.39 is 5.72 Å². The van der Waals surface area contributed by atoms with Crippen molar-refractivity contribution in [3.63, 3.8) is 0 Å². The van der Waals surface area contributed by atoms with Gasteiger partial charge in [0.05, 0.1) is 0 Å². The predicted molar refractivity (Wildman–Crippen MR) is 84.1 cm³/mol. The predicted octanol–water partition coefficient (Wildman–Crippen LogP) is 3.78. The molecule has 0 rings (SSSR count). The largest absolute Gasteiger partial charge is 0.412 e. The number of nitrogens with two attached hydrogens (primary N) is 1. The summed E-state index contributed by atoms with van der Waals surface area (Å²) in [5.41, 5.74) is 4.65. The lowest BCUT2D eigenvalue weighted by Crippen LogP contribution is -2.42. The SMILES string of the molecule is CCCCCCCCCCCCC(C)C(C)(N)O.O. The molecule has 0 aliphatic rings. The standard InChI is InChI=1S/C16H35NO.H2O/c1-4-5-6-7-8-9-10-11-12-13-14-15(2)16(3,17)18;/h15,18H,4-14,17H2,1-3H3;1H2. The Kier molecular flexibility index (Phi) is 14.4. The van der Waals surface area contributed by atoms with Crippen LogP contribution in [0, 0.1) is 5.92 Å². The Hall–Kier alpha value is -0.120. The summed E-state index contributed by atoms with van der Waals surface area (Å²) < 4.78 is 0. The van der Waals surface area contributed by atoms with Crippen molar-refractivity contribution in [3.8, 4) is 0 Å². The molecule has 0 aromatic carbocycles. The van der Waals surface area contributed by atoms with Gasteiger partial charge in [0.15, 0.2) is 0 Å². The fraction of sp³-hybridized carbons (Fsp3) is 1.00. The highest BCUT2D eigenvalue weighted by Crippen LogP contribution is 2.19. The Labute approximate surface area is 120 Å². The molecule has 0 aromatic heterocycles. The minimum Gasteiger partial charge on any atom is -0.412 e. The van der Waals surface area contributed by atoms with Gasteiger partial charge in [-0.3, -0.25) is 0 Å². The lowest BCUT2D eigenvalue weighted by Gasteiger charge is -2.25. The minimum atomic E-state index is -1.00. The lowest BCUT2D eigenvalue weighted by molar-refractivity contribution is 0.00810. The van der Waals surface area contributed by atoms with E-state index in [9.17, 15) is 5.11 Å². The number of hydrogen-bond acceptors (Lipinski definition) is 2. The average molecular weight is 275 g/mol. The molecule has 0 saturated carbocycles. The maximum Gasteiger partial charge on any atom is 0.113 e. The molecule has 0 spiro atoms. The van der Waals surface area contributed by atoms with Crippen LogP contribution in [-0.4, -0.2) is 16.3 Å². The monoisotopic (exact) mass is 275 g/mol. The van der Waals surface area contributed by atoms with Crippen LogP contribution in [0.5, 0.6) is 0 Å². The Bertz CT molecular complexity index is 178. The number of hydrogen-bond donors (Lipinski definition) is 2. The fourth-order valence-corrected chi connectivity index (χ4v) is 2.23. The van der Waals surface area contributed by atoms with Crippen LogP contribution in [0.2, 0.25) is 0 Å². The third kappa shape index (κ3) is 14.1. The molecule has 118 valence electrons. The van der Waals surface area contributed by atoms with Gasteiger partial charge in [-0.1, -0.05) is 78.1 Å². The lowest BCUT2D eigenvalue weighted by atomic mass is 9.93. The van der Waals surface area contributed by atoms with E-state index in [2.05, 4.69) is 6.92 Å². The van der Waals surface area contributed by atoms with Gasteiger partial charge in [-0.15, -0.1) is 0 Å². The van der Waals surface area contributed by atoms with Crippen molar-refractivity contribution in [2.24, 2.45) is 11.7 Å². The van der Waals surface area contributed by atoms with E-state index in [-0.39, 0.29) is 11.4 Å². The molecule has 0 aliphatic heterocycles. The second-order valence-electron chi connectivity index (χ2n) is 6.10. The Balaban J connectivity index is 0. The van der Waals surface area contributed by atoms with Crippen molar-refractivity contribution in [2.45, 2.75) is 97.1 Å². The van der Waals surface area contributed by atoms with E-state index in [1.165, 1.54) is 64.2 Å². The van der Waals surface area contributed by atoms with Crippen LogP contribution >= 0.6 is 0 Å². The molecule has 5 N–H and O–H groups in total. The molecular formula is C16H37NO2. The second-order valence-corrected chi connectivity index (χ2v) is 6.10. The van der Waals surface area contributed by atoms with Crippen LogP contribution in [0.3, 0.4) is 0 Å². The van der Waals surface area contributed by atoms with Crippen LogP contribution in [0.25, 0.3) is 0 Å². The zero-order chi connectivity index (χ0) is 13.9. The van der Waals surface area contributed by atoms with Crippen molar-refractivity contribution in [2.75, 3.05) is 0 Å². The average Bonchev–Trinajstić information content (AvgIpc) is 2.30.